The maximum atomic E-state index is 13.5. The van der Waals surface area contributed by atoms with Crippen LogP contribution >= 0.6 is 0 Å². The lowest BCUT2D eigenvalue weighted by Gasteiger charge is -2.32. The van der Waals surface area contributed by atoms with Crippen LogP contribution in [0.15, 0.2) is 47.5 Å². The SMILES string of the molecule is CN=C1C(c2nc3ccccc3[nH]2)C(=O)C(C)(C)N1c1cc(OC)cc(OC)c1. The number of Topliss-reactive ketones (excluding diaryl/α,β-unsaturated/α-hetero) is 1. The molecular weight excluding hydrogens is 368 g/mol. The van der Waals surface area contributed by atoms with Crippen LogP contribution in [-0.2, 0) is 4.79 Å². The van der Waals surface area contributed by atoms with Gasteiger partial charge < -0.3 is 19.4 Å². The number of anilines is 1. The molecule has 2 heterocycles. The minimum Gasteiger partial charge on any atom is -0.497 e. The van der Waals surface area contributed by atoms with Gasteiger partial charge in [-0.05, 0) is 26.0 Å². The van der Waals surface area contributed by atoms with Crippen molar-refractivity contribution >= 4 is 28.3 Å². The minimum atomic E-state index is -0.824. The molecule has 0 radical (unpaired) electrons. The third kappa shape index (κ3) is 2.93. The van der Waals surface area contributed by atoms with Gasteiger partial charge >= 0.3 is 0 Å². The summed E-state index contributed by atoms with van der Waals surface area (Å²) in [5, 5.41) is 0. The van der Waals surface area contributed by atoms with E-state index in [1.165, 1.54) is 0 Å². The van der Waals surface area contributed by atoms with Crippen molar-refractivity contribution in [2.24, 2.45) is 4.99 Å². The molecule has 1 unspecified atom stereocenters. The smallest absolute Gasteiger partial charge is 0.176 e. The summed E-state index contributed by atoms with van der Waals surface area (Å²) in [6.45, 7) is 3.80. The zero-order chi connectivity index (χ0) is 20.8. The number of ether oxygens (including phenoxy) is 2. The lowest BCUT2D eigenvalue weighted by atomic mass is 9.93. The van der Waals surface area contributed by atoms with Crippen LogP contribution in [0.3, 0.4) is 0 Å². The van der Waals surface area contributed by atoms with E-state index in [-0.39, 0.29) is 5.78 Å². The lowest BCUT2D eigenvalue weighted by Crippen LogP contribution is -2.44. The molecule has 7 heteroatoms. The topological polar surface area (TPSA) is 79.8 Å². The van der Waals surface area contributed by atoms with Crippen LogP contribution in [0, 0.1) is 0 Å². The van der Waals surface area contributed by atoms with Crippen molar-refractivity contribution in [3.63, 3.8) is 0 Å². The quantitative estimate of drug-likeness (QED) is 0.734. The highest BCUT2D eigenvalue weighted by molar-refractivity contribution is 6.26. The summed E-state index contributed by atoms with van der Waals surface area (Å²) < 4.78 is 10.8. The Morgan fingerprint density at radius 1 is 1.10 bits per heavy atom. The highest BCUT2D eigenvalue weighted by Crippen LogP contribution is 2.42. The van der Waals surface area contributed by atoms with Gasteiger partial charge in [0.15, 0.2) is 5.78 Å². The van der Waals surface area contributed by atoms with Crippen LogP contribution < -0.4 is 14.4 Å². The van der Waals surface area contributed by atoms with Gasteiger partial charge in [0.05, 0.1) is 30.9 Å². The Kier molecular flexibility index (Phi) is 4.53. The number of imidazole rings is 1. The van der Waals surface area contributed by atoms with E-state index in [4.69, 9.17) is 9.47 Å². The third-order valence-corrected chi connectivity index (χ3v) is 5.42. The molecule has 0 saturated carbocycles. The predicted molar refractivity (Wildman–Crippen MR) is 113 cm³/mol. The van der Waals surface area contributed by atoms with Crippen LogP contribution in [0.1, 0.15) is 25.6 Å². The molecule has 3 aromatic rings. The number of hydrogen-bond donors (Lipinski definition) is 1. The number of rotatable bonds is 4. The molecule has 0 bridgehead atoms. The fraction of sp³-hybridized carbons (Fsp3) is 0.318. The number of ketones is 1. The average molecular weight is 392 g/mol. The maximum Gasteiger partial charge on any atom is 0.176 e. The number of nitrogens with zero attached hydrogens (tertiary/aromatic N) is 3. The van der Waals surface area contributed by atoms with E-state index in [0.717, 1.165) is 16.7 Å². The van der Waals surface area contributed by atoms with E-state index in [9.17, 15) is 4.79 Å². The molecule has 1 aromatic heterocycles. The van der Waals surface area contributed by atoms with Crippen molar-refractivity contribution in [3.05, 3.63) is 48.3 Å². The number of H-pyrrole nitrogens is 1. The molecule has 1 N–H and O–H groups in total. The van der Waals surface area contributed by atoms with Crippen LogP contribution in [0.4, 0.5) is 5.69 Å². The number of aliphatic imine (C=N–C) groups is 1. The molecule has 150 valence electrons. The van der Waals surface area contributed by atoms with Gasteiger partial charge in [-0.1, -0.05) is 12.1 Å². The standard InChI is InChI=1S/C22H24N4O3/c1-22(2)19(27)18(20-24-16-8-6-7-9-17(16)25-20)21(23-3)26(22)13-10-14(28-4)12-15(11-13)29-5/h6-12,18H,1-5H3,(H,24,25). The third-order valence-electron chi connectivity index (χ3n) is 5.42. The number of hydrogen-bond acceptors (Lipinski definition) is 5. The van der Waals surface area contributed by atoms with Crippen molar-refractivity contribution in [2.45, 2.75) is 25.3 Å². The fourth-order valence-electron chi connectivity index (χ4n) is 3.96. The van der Waals surface area contributed by atoms with E-state index in [1.807, 2.05) is 55.1 Å². The second kappa shape index (κ2) is 6.92. The average Bonchev–Trinajstić information content (AvgIpc) is 3.23. The van der Waals surface area contributed by atoms with Crippen LogP contribution in [0.5, 0.6) is 11.5 Å². The summed E-state index contributed by atoms with van der Waals surface area (Å²) in [5.41, 5.74) is 1.67. The number of fused-ring (bicyclic) bond motifs is 1. The zero-order valence-corrected chi connectivity index (χ0v) is 17.2. The summed E-state index contributed by atoms with van der Waals surface area (Å²) >= 11 is 0. The van der Waals surface area contributed by atoms with E-state index < -0.39 is 11.5 Å². The molecule has 4 rings (SSSR count). The maximum absolute atomic E-state index is 13.5. The van der Waals surface area contributed by atoms with Gasteiger partial charge in [-0.3, -0.25) is 9.79 Å². The second-order valence-corrected chi connectivity index (χ2v) is 7.48. The summed E-state index contributed by atoms with van der Waals surface area (Å²) in [6.07, 6.45) is 0. The molecule has 1 aliphatic heterocycles. The molecular formula is C22H24N4O3. The Hall–Kier alpha value is -3.35. The van der Waals surface area contributed by atoms with Crippen LogP contribution in [-0.4, -0.2) is 48.4 Å². The molecule has 2 aromatic carbocycles. The number of para-hydroxylation sites is 2. The molecule has 0 aliphatic carbocycles. The van der Waals surface area contributed by atoms with Crippen molar-refractivity contribution in [3.8, 4) is 11.5 Å². The highest BCUT2D eigenvalue weighted by Gasteiger charge is 2.53. The highest BCUT2D eigenvalue weighted by atomic mass is 16.5. The Morgan fingerprint density at radius 3 is 2.34 bits per heavy atom. The second-order valence-electron chi connectivity index (χ2n) is 7.48. The van der Waals surface area contributed by atoms with Gasteiger partial charge in [0.25, 0.3) is 0 Å². The molecule has 0 amide bonds. The summed E-state index contributed by atoms with van der Waals surface area (Å²) in [5.74, 6) is 1.96. The van der Waals surface area contributed by atoms with Gasteiger partial charge in [0.2, 0.25) is 0 Å². The van der Waals surface area contributed by atoms with Gasteiger partial charge in [-0.25, -0.2) is 4.98 Å². The summed E-state index contributed by atoms with van der Waals surface area (Å²) in [4.78, 5) is 27.9. The number of carbonyl (C=O) groups is 1. The Morgan fingerprint density at radius 2 is 1.76 bits per heavy atom. The van der Waals surface area contributed by atoms with Gasteiger partial charge in [0.1, 0.15) is 34.6 Å². The van der Waals surface area contributed by atoms with Gasteiger partial charge in [-0.15, -0.1) is 0 Å². The summed E-state index contributed by atoms with van der Waals surface area (Å²) in [7, 11) is 4.90. The molecule has 0 spiro atoms. The number of nitrogens with one attached hydrogen (secondary N) is 1. The van der Waals surface area contributed by atoms with Crippen LogP contribution in [0.25, 0.3) is 11.0 Å². The Labute approximate surface area is 169 Å². The molecule has 1 fully saturated rings. The monoisotopic (exact) mass is 392 g/mol. The van der Waals surface area contributed by atoms with E-state index >= 15 is 0 Å². The van der Waals surface area contributed by atoms with E-state index in [1.54, 1.807) is 27.3 Å². The molecule has 1 atom stereocenters. The number of benzene rings is 2. The van der Waals surface area contributed by atoms with Gasteiger partial charge in [0, 0.05) is 25.2 Å². The molecule has 1 saturated heterocycles. The van der Waals surface area contributed by atoms with Crippen molar-refractivity contribution in [1.29, 1.82) is 0 Å². The van der Waals surface area contributed by atoms with Crippen LogP contribution in [0.2, 0.25) is 0 Å². The zero-order valence-electron chi connectivity index (χ0n) is 17.2. The number of aromatic nitrogens is 2. The number of amidine groups is 1. The van der Waals surface area contributed by atoms with E-state index in [0.29, 0.717) is 23.2 Å². The van der Waals surface area contributed by atoms with Crippen molar-refractivity contribution in [2.75, 3.05) is 26.2 Å². The Bertz CT molecular complexity index is 1060. The predicted octanol–water partition coefficient (Wildman–Crippen LogP) is 3.56. The van der Waals surface area contributed by atoms with Crippen molar-refractivity contribution < 1.29 is 14.3 Å². The fourth-order valence-corrected chi connectivity index (χ4v) is 3.96. The number of methoxy groups -OCH3 is 2. The van der Waals surface area contributed by atoms with E-state index in [2.05, 4.69) is 15.0 Å². The first-order valence-corrected chi connectivity index (χ1v) is 9.39. The van der Waals surface area contributed by atoms with Gasteiger partial charge in [-0.2, -0.15) is 0 Å². The first kappa shape index (κ1) is 19.0. The number of carbonyl (C=O) groups excluding carboxylic acids is 1. The Balaban J connectivity index is 1.86. The first-order valence-electron chi connectivity index (χ1n) is 9.39. The normalized spacial score (nSPS) is 19.9. The molecule has 29 heavy (non-hydrogen) atoms. The summed E-state index contributed by atoms with van der Waals surface area (Å²) in [6, 6.07) is 13.3. The molecule has 1 aliphatic rings. The largest absolute Gasteiger partial charge is 0.497 e. The number of aromatic amines is 1. The molecule has 7 nitrogen and oxygen atoms in total. The first-order chi connectivity index (χ1) is 13.9. The lowest BCUT2D eigenvalue weighted by molar-refractivity contribution is -0.121. The van der Waals surface area contributed by atoms with Crippen molar-refractivity contribution in [1.82, 2.24) is 9.97 Å². The minimum absolute atomic E-state index is 0.0268.